The largest absolute Gasteiger partial charge is 0.245 e. The van der Waals surface area contributed by atoms with Crippen molar-refractivity contribution >= 4 is 32.6 Å². The van der Waals surface area contributed by atoms with Crippen molar-refractivity contribution in [1.29, 1.82) is 0 Å². The summed E-state index contributed by atoms with van der Waals surface area (Å²) < 4.78 is 0. The third-order valence-electron chi connectivity index (χ3n) is 7.76. The minimum Gasteiger partial charge on any atom is -0.245 e. The molecule has 8 aromatic rings. The Balaban J connectivity index is 1.21. The SMILES string of the molecule is c1ccc(-c2cnc(-c3cccc(-c4ccc5ccc6ccc(-c7cccc8ccccc78)nc6c5n4)c3)nc2)cc1. The molecule has 5 aromatic carbocycles. The molecule has 0 N–H and O–H groups in total. The molecular weight excluding hydrogens is 512 g/mol. The lowest BCUT2D eigenvalue weighted by atomic mass is 10.0. The molecule has 4 heteroatoms. The number of benzene rings is 5. The zero-order valence-corrected chi connectivity index (χ0v) is 22.6. The zero-order valence-electron chi connectivity index (χ0n) is 22.6. The van der Waals surface area contributed by atoms with Crippen LogP contribution in [0.3, 0.4) is 0 Å². The molecule has 0 spiro atoms. The van der Waals surface area contributed by atoms with Crippen LogP contribution in [0.15, 0.2) is 146 Å². The Labute approximate surface area is 243 Å². The highest BCUT2D eigenvalue weighted by molar-refractivity contribution is 6.05. The maximum absolute atomic E-state index is 5.17. The second kappa shape index (κ2) is 10.0. The standard InChI is InChI=1S/C38H24N4/c1-2-8-25(9-3-1)31-23-39-38(40-24-31)30-13-6-12-29(22-30)34-20-18-27-16-17-28-19-21-35(42-37(28)36(27)41-34)33-15-7-11-26-10-4-5-14-32(26)33/h1-24H. The van der Waals surface area contributed by atoms with Gasteiger partial charge in [-0.25, -0.2) is 19.9 Å². The van der Waals surface area contributed by atoms with E-state index in [1.54, 1.807) is 0 Å². The molecule has 3 heterocycles. The Bertz CT molecular complexity index is 2230. The fourth-order valence-electron chi connectivity index (χ4n) is 5.60. The second-order valence-corrected chi connectivity index (χ2v) is 10.4. The average Bonchev–Trinajstić information content (AvgIpc) is 3.08. The van der Waals surface area contributed by atoms with E-state index < -0.39 is 0 Å². The highest BCUT2D eigenvalue weighted by atomic mass is 14.9. The fourth-order valence-corrected chi connectivity index (χ4v) is 5.60. The molecular formula is C38H24N4. The van der Waals surface area contributed by atoms with E-state index in [0.29, 0.717) is 5.82 Å². The molecule has 0 aliphatic rings. The van der Waals surface area contributed by atoms with E-state index >= 15 is 0 Å². The number of hydrogen-bond donors (Lipinski definition) is 0. The molecule has 0 radical (unpaired) electrons. The molecule has 0 aliphatic heterocycles. The van der Waals surface area contributed by atoms with E-state index in [9.17, 15) is 0 Å². The van der Waals surface area contributed by atoms with Gasteiger partial charge < -0.3 is 0 Å². The molecule has 0 saturated heterocycles. The molecule has 0 aliphatic carbocycles. The lowest BCUT2D eigenvalue weighted by molar-refractivity contribution is 1.18. The first kappa shape index (κ1) is 24.1. The summed E-state index contributed by atoms with van der Waals surface area (Å²) in [5, 5.41) is 4.52. The molecule has 0 bridgehead atoms. The van der Waals surface area contributed by atoms with Crippen LogP contribution in [-0.4, -0.2) is 19.9 Å². The van der Waals surface area contributed by atoms with Gasteiger partial charge in [0, 0.05) is 45.4 Å². The quantitative estimate of drug-likeness (QED) is 0.210. The van der Waals surface area contributed by atoms with Gasteiger partial charge in [0.2, 0.25) is 0 Å². The van der Waals surface area contributed by atoms with E-state index in [1.165, 1.54) is 10.8 Å². The van der Waals surface area contributed by atoms with Crippen molar-refractivity contribution in [3.63, 3.8) is 0 Å². The third kappa shape index (κ3) is 4.27. The highest BCUT2D eigenvalue weighted by Crippen LogP contribution is 2.32. The molecule has 196 valence electrons. The molecule has 0 saturated carbocycles. The second-order valence-electron chi connectivity index (χ2n) is 10.4. The minimum atomic E-state index is 0.684. The summed E-state index contributed by atoms with van der Waals surface area (Å²) >= 11 is 0. The first-order chi connectivity index (χ1) is 20.8. The van der Waals surface area contributed by atoms with Crippen LogP contribution in [0, 0.1) is 0 Å². The van der Waals surface area contributed by atoms with Crippen LogP contribution in [-0.2, 0) is 0 Å². The van der Waals surface area contributed by atoms with Crippen LogP contribution < -0.4 is 0 Å². The van der Waals surface area contributed by atoms with Gasteiger partial charge in [0.15, 0.2) is 5.82 Å². The van der Waals surface area contributed by atoms with Crippen LogP contribution in [0.5, 0.6) is 0 Å². The van der Waals surface area contributed by atoms with E-state index in [0.717, 1.165) is 61.0 Å². The number of hydrogen-bond acceptors (Lipinski definition) is 4. The summed E-state index contributed by atoms with van der Waals surface area (Å²) in [7, 11) is 0. The molecule has 0 unspecified atom stereocenters. The predicted octanol–water partition coefficient (Wildman–Crippen LogP) is 9.39. The van der Waals surface area contributed by atoms with Crippen LogP contribution in [0.4, 0.5) is 0 Å². The molecule has 4 nitrogen and oxygen atoms in total. The molecule has 42 heavy (non-hydrogen) atoms. The van der Waals surface area contributed by atoms with Crippen molar-refractivity contribution in [1.82, 2.24) is 19.9 Å². The van der Waals surface area contributed by atoms with E-state index in [4.69, 9.17) is 9.97 Å². The van der Waals surface area contributed by atoms with Gasteiger partial charge in [0.05, 0.1) is 22.4 Å². The first-order valence-corrected chi connectivity index (χ1v) is 14.0. The van der Waals surface area contributed by atoms with Gasteiger partial charge in [-0.1, -0.05) is 115 Å². The number of nitrogens with zero attached hydrogens (tertiary/aromatic N) is 4. The number of pyridine rings is 2. The van der Waals surface area contributed by atoms with Crippen LogP contribution in [0.1, 0.15) is 0 Å². The summed E-state index contributed by atoms with van der Waals surface area (Å²) in [6, 6.07) is 45.9. The topological polar surface area (TPSA) is 51.6 Å². The maximum atomic E-state index is 5.17. The minimum absolute atomic E-state index is 0.684. The van der Waals surface area contributed by atoms with Crippen molar-refractivity contribution in [2.24, 2.45) is 0 Å². The third-order valence-corrected chi connectivity index (χ3v) is 7.76. The van der Waals surface area contributed by atoms with Gasteiger partial charge in [-0.3, -0.25) is 0 Å². The molecule has 8 rings (SSSR count). The van der Waals surface area contributed by atoms with Crippen LogP contribution in [0.25, 0.3) is 77.6 Å². The van der Waals surface area contributed by atoms with Crippen molar-refractivity contribution in [2.45, 2.75) is 0 Å². The normalized spacial score (nSPS) is 11.3. The number of fused-ring (bicyclic) bond motifs is 4. The molecule has 3 aromatic heterocycles. The summed E-state index contributed by atoms with van der Waals surface area (Å²) in [5.74, 6) is 0.684. The van der Waals surface area contributed by atoms with Gasteiger partial charge in [-0.2, -0.15) is 0 Å². The Kier molecular flexibility index (Phi) is 5.75. The number of aromatic nitrogens is 4. The molecule has 0 fully saturated rings. The van der Waals surface area contributed by atoms with Crippen molar-refractivity contribution in [3.05, 3.63) is 146 Å². The van der Waals surface area contributed by atoms with E-state index in [1.807, 2.05) is 42.7 Å². The van der Waals surface area contributed by atoms with E-state index in [-0.39, 0.29) is 0 Å². The molecule has 0 amide bonds. The summed E-state index contributed by atoms with van der Waals surface area (Å²) in [6.45, 7) is 0. The Morgan fingerprint density at radius 3 is 1.79 bits per heavy atom. The van der Waals surface area contributed by atoms with Gasteiger partial charge >= 0.3 is 0 Å². The lowest BCUT2D eigenvalue weighted by Crippen LogP contribution is -1.93. The Morgan fingerprint density at radius 1 is 0.381 bits per heavy atom. The van der Waals surface area contributed by atoms with Crippen molar-refractivity contribution in [2.75, 3.05) is 0 Å². The number of rotatable bonds is 4. The van der Waals surface area contributed by atoms with Crippen molar-refractivity contribution in [3.8, 4) is 45.0 Å². The van der Waals surface area contributed by atoms with Crippen molar-refractivity contribution < 1.29 is 0 Å². The maximum Gasteiger partial charge on any atom is 0.159 e. The summed E-state index contributed by atoms with van der Waals surface area (Å²) in [4.78, 5) is 19.7. The summed E-state index contributed by atoms with van der Waals surface area (Å²) in [5.41, 5.74) is 8.78. The Hall–Kier alpha value is -5.74. The molecule has 0 atom stereocenters. The lowest BCUT2D eigenvalue weighted by Gasteiger charge is -2.10. The van der Waals surface area contributed by atoms with Crippen LogP contribution >= 0.6 is 0 Å². The smallest absolute Gasteiger partial charge is 0.159 e. The Morgan fingerprint density at radius 2 is 0.976 bits per heavy atom. The monoisotopic (exact) mass is 536 g/mol. The zero-order chi connectivity index (χ0) is 27.9. The van der Waals surface area contributed by atoms with E-state index in [2.05, 4.69) is 113 Å². The average molecular weight is 537 g/mol. The predicted molar refractivity (Wildman–Crippen MR) is 172 cm³/mol. The fraction of sp³-hybridized carbons (Fsp3) is 0. The van der Waals surface area contributed by atoms with Crippen LogP contribution in [0.2, 0.25) is 0 Å². The first-order valence-electron chi connectivity index (χ1n) is 14.0. The highest BCUT2D eigenvalue weighted by Gasteiger charge is 2.11. The van der Waals surface area contributed by atoms with Gasteiger partial charge in [-0.15, -0.1) is 0 Å². The van der Waals surface area contributed by atoms with Gasteiger partial charge in [-0.05, 0) is 34.5 Å². The van der Waals surface area contributed by atoms with Gasteiger partial charge in [0.25, 0.3) is 0 Å². The summed E-state index contributed by atoms with van der Waals surface area (Å²) in [6.07, 6.45) is 3.76. The van der Waals surface area contributed by atoms with Gasteiger partial charge in [0.1, 0.15) is 0 Å².